The first-order valence-electron chi connectivity index (χ1n) is 3.28. The van der Waals surface area contributed by atoms with E-state index in [0.717, 1.165) is 0 Å². The minimum Gasteiger partial charge on any atom is -0.308 e. The Kier molecular flexibility index (Phi) is 3.30. The van der Waals surface area contributed by atoms with Crippen LogP contribution in [0.15, 0.2) is 0 Å². The van der Waals surface area contributed by atoms with Crippen molar-refractivity contribution in [2.45, 2.75) is 21.3 Å². The predicted molar refractivity (Wildman–Crippen MR) is 45.9 cm³/mol. The average Bonchev–Trinajstić information content (AvgIpc) is 1.79. The minimum atomic E-state index is -2.67. The van der Waals surface area contributed by atoms with Gasteiger partial charge in [-0.3, -0.25) is 4.57 Å². The van der Waals surface area contributed by atoms with Crippen LogP contribution in [0.2, 0.25) is 0 Å². The molecule has 0 bridgehead atoms. The van der Waals surface area contributed by atoms with Gasteiger partial charge in [-0.1, -0.05) is 21.3 Å². The molecule has 0 unspecified atom stereocenters. The summed E-state index contributed by atoms with van der Waals surface area (Å²) in [6, 6.07) is 0. The maximum Gasteiger partial charge on any atom is 0.327 e. The van der Waals surface area contributed by atoms with E-state index < -0.39 is 7.60 Å². The van der Waals surface area contributed by atoms with Crippen LogP contribution >= 0.6 is 7.60 Å². The van der Waals surface area contributed by atoms with Gasteiger partial charge in [-0.25, -0.2) is 0 Å². The molecule has 3 nitrogen and oxygen atoms in total. The Morgan fingerprint density at radius 2 is 1.64 bits per heavy atom. The Balaban J connectivity index is 0.000001000. The predicted octanol–water partition coefficient (Wildman–Crippen LogP) is 2.52. The molecular formula is C7H17O3P. The van der Waals surface area contributed by atoms with Crippen molar-refractivity contribution in [3.63, 3.8) is 0 Å². The monoisotopic (exact) mass is 180 g/mol. The number of hydrogen-bond acceptors (Lipinski definition) is 3. The van der Waals surface area contributed by atoms with Crippen LogP contribution < -0.4 is 0 Å². The fourth-order valence-corrected chi connectivity index (χ4v) is 1.91. The first-order valence-corrected chi connectivity index (χ1v) is 5.27. The quantitative estimate of drug-likeness (QED) is 0.537. The number of hydrogen-bond donors (Lipinski definition) is 0. The maximum atomic E-state index is 11.1. The average molecular weight is 180 g/mol. The van der Waals surface area contributed by atoms with E-state index in [-0.39, 0.29) is 12.8 Å². The topological polar surface area (TPSA) is 35.5 Å². The van der Waals surface area contributed by atoms with Crippen LogP contribution in [0.5, 0.6) is 0 Å². The molecule has 0 radical (unpaired) electrons. The maximum absolute atomic E-state index is 11.1. The fourth-order valence-electron chi connectivity index (χ4n) is 0.663. The zero-order chi connectivity index (χ0) is 7.83. The summed E-state index contributed by atoms with van der Waals surface area (Å²) in [5.41, 5.74) is 0.0178. The van der Waals surface area contributed by atoms with Gasteiger partial charge in [-0.05, 0) is 0 Å². The first-order chi connectivity index (χ1) is 4.41. The molecule has 0 atom stereocenters. The zero-order valence-corrected chi connectivity index (χ0v) is 7.48. The minimum absolute atomic E-state index is 0. The summed E-state index contributed by atoms with van der Waals surface area (Å²) in [6.07, 6.45) is 0. The van der Waals surface area contributed by atoms with Crippen molar-refractivity contribution in [1.29, 1.82) is 0 Å². The molecule has 0 saturated carbocycles. The first kappa shape index (κ1) is 11.2. The molecule has 0 aromatic heterocycles. The van der Waals surface area contributed by atoms with Crippen molar-refractivity contribution in [3.8, 4) is 0 Å². The van der Waals surface area contributed by atoms with Gasteiger partial charge in [0.2, 0.25) is 0 Å². The van der Waals surface area contributed by atoms with Crippen molar-refractivity contribution in [1.82, 2.24) is 0 Å². The molecule has 0 N–H and O–H groups in total. The van der Waals surface area contributed by atoms with Gasteiger partial charge < -0.3 is 9.05 Å². The Labute approximate surface area is 68.6 Å². The summed E-state index contributed by atoms with van der Waals surface area (Å²) >= 11 is 0. The second kappa shape index (κ2) is 3.26. The zero-order valence-electron chi connectivity index (χ0n) is 6.59. The van der Waals surface area contributed by atoms with Gasteiger partial charge in [0.1, 0.15) is 0 Å². The van der Waals surface area contributed by atoms with Crippen molar-refractivity contribution in [3.05, 3.63) is 0 Å². The third-order valence-electron chi connectivity index (χ3n) is 1.38. The number of rotatable bonds is 0. The summed E-state index contributed by atoms with van der Waals surface area (Å²) in [5, 5.41) is 0. The van der Waals surface area contributed by atoms with E-state index in [2.05, 4.69) is 0 Å². The third-order valence-corrected chi connectivity index (χ3v) is 2.58. The van der Waals surface area contributed by atoms with E-state index in [1.165, 1.54) is 6.66 Å². The highest BCUT2D eigenvalue weighted by Crippen LogP contribution is 2.49. The van der Waals surface area contributed by atoms with Crippen molar-refractivity contribution >= 4 is 7.60 Å². The summed E-state index contributed by atoms with van der Waals surface area (Å²) in [7, 11) is -2.67. The molecule has 0 spiro atoms. The van der Waals surface area contributed by atoms with E-state index in [0.29, 0.717) is 13.2 Å². The summed E-state index contributed by atoms with van der Waals surface area (Å²) in [6.45, 7) is 6.60. The molecule has 0 aromatic carbocycles. The highest BCUT2D eigenvalue weighted by Gasteiger charge is 2.32. The molecule has 11 heavy (non-hydrogen) atoms. The lowest BCUT2D eigenvalue weighted by molar-refractivity contribution is 0.0439. The fraction of sp³-hybridized carbons (Fsp3) is 1.00. The van der Waals surface area contributed by atoms with E-state index in [1.54, 1.807) is 0 Å². The molecule has 0 aliphatic carbocycles. The lowest BCUT2D eigenvalue weighted by Gasteiger charge is -2.32. The van der Waals surface area contributed by atoms with Gasteiger partial charge in [-0.2, -0.15) is 0 Å². The van der Waals surface area contributed by atoms with Gasteiger partial charge in [0.15, 0.2) is 0 Å². The Bertz CT molecular complexity index is 163. The summed E-state index contributed by atoms with van der Waals surface area (Å²) in [5.74, 6) is 0. The second-order valence-electron chi connectivity index (χ2n) is 3.48. The van der Waals surface area contributed by atoms with Crippen molar-refractivity contribution < 1.29 is 13.6 Å². The van der Waals surface area contributed by atoms with E-state index in [4.69, 9.17) is 9.05 Å². The molecule has 68 valence electrons. The highest BCUT2D eigenvalue weighted by atomic mass is 31.2. The Morgan fingerprint density at radius 3 is 1.91 bits per heavy atom. The molecule has 1 saturated heterocycles. The van der Waals surface area contributed by atoms with Crippen LogP contribution in [0.3, 0.4) is 0 Å². The van der Waals surface area contributed by atoms with Crippen molar-refractivity contribution in [2.24, 2.45) is 5.41 Å². The lowest BCUT2D eigenvalue weighted by Crippen LogP contribution is -2.28. The molecule has 1 aliphatic heterocycles. The Morgan fingerprint density at radius 1 is 1.27 bits per heavy atom. The lowest BCUT2D eigenvalue weighted by atomic mass is 9.97. The summed E-state index contributed by atoms with van der Waals surface area (Å²) < 4.78 is 21.1. The van der Waals surface area contributed by atoms with Gasteiger partial charge in [0.05, 0.1) is 13.2 Å². The largest absolute Gasteiger partial charge is 0.327 e. The van der Waals surface area contributed by atoms with Crippen LogP contribution in [-0.4, -0.2) is 19.9 Å². The molecule has 0 aromatic rings. The standard InChI is InChI=1S/C6H13O3P.CH4/c1-6(2)4-8-10(3,7)9-5-6;/h4-5H2,1-3H3;1H4. The van der Waals surface area contributed by atoms with Crippen LogP contribution in [0.1, 0.15) is 21.3 Å². The van der Waals surface area contributed by atoms with Crippen LogP contribution in [0.25, 0.3) is 0 Å². The van der Waals surface area contributed by atoms with Gasteiger partial charge in [0.25, 0.3) is 0 Å². The SMILES string of the molecule is C.CC1(C)COP(C)(=O)OC1. The molecule has 1 aliphatic rings. The summed E-state index contributed by atoms with van der Waals surface area (Å²) in [4.78, 5) is 0. The van der Waals surface area contributed by atoms with Crippen LogP contribution in [-0.2, 0) is 13.6 Å². The molecule has 1 rings (SSSR count). The van der Waals surface area contributed by atoms with Crippen LogP contribution in [0.4, 0.5) is 0 Å². The normalized spacial score (nSPS) is 27.2. The van der Waals surface area contributed by atoms with Gasteiger partial charge in [-0.15, -0.1) is 0 Å². The molecule has 0 amide bonds. The Hall–Kier alpha value is 0.150. The van der Waals surface area contributed by atoms with E-state index in [1.807, 2.05) is 13.8 Å². The van der Waals surface area contributed by atoms with E-state index in [9.17, 15) is 4.57 Å². The van der Waals surface area contributed by atoms with Gasteiger partial charge in [0, 0.05) is 12.1 Å². The molecule has 4 heteroatoms. The molecule has 1 fully saturated rings. The van der Waals surface area contributed by atoms with Gasteiger partial charge >= 0.3 is 7.60 Å². The smallest absolute Gasteiger partial charge is 0.308 e. The molecule has 1 heterocycles. The molecular weight excluding hydrogens is 163 g/mol. The third kappa shape index (κ3) is 3.37. The van der Waals surface area contributed by atoms with Crippen LogP contribution in [0, 0.1) is 5.41 Å². The van der Waals surface area contributed by atoms with Crippen molar-refractivity contribution in [2.75, 3.05) is 19.9 Å². The highest BCUT2D eigenvalue weighted by molar-refractivity contribution is 7.53. The van der Waals surface area contributed by atoms with E-state index >= 15 is 0 Å². The second-order valence-corrected chi connectivity index (χ2v) is 5.54.